The van der Waals surface area contributed by atoms with Crippen LogP contribution in [0.2, 0.25) is 0 Å². The molecule has 0 spiro atoms. The van der Waals surface area contributed by atoms with Crippen LogP contribution in [0.15, 0.2) is 21.3 Å². The van der Waals surface area contributed by atoms with Crippen LogP contribution in [0.25, 0.3) is 10.6 Å². The van der Waals surface area contributed by atoms with Gasteiger partial charge in [-0.25, -0.2) is 4.98 Å². The van der Waals surface area contributed by atoms with Crippen molar-refractivity contribution in [2.24, 2.45) is 0 Å². The van der Waals surface area contributed by atoms with Crippen LogP contribution in [0.3, 0.4) is 0 Å². The molecule has 2 aromatic heterocycles. The molecular formula is C10H11BrN2S2. The van der Waals surface area contributed by atoms with E-state index >= 15 is 0 Å². The SMILES string of the molecule is CCNCc1nc(-c2sccc2Br)cs1. The van der Waals surface area contributed by atoms with Crippen molar-refractivity contribution < 1.29 is 0 Å². The zero-order chi connectivity index (χ0) is 10.7. The highest BCUT2D eigenvalue weighted by molar-refractivity contribution is 9.10. The third-order valence-electron chi connectivity index (χ3n) is 1.93. The smallest absolute Gasteiger partial charge is 0.107 e. The first kappa shape index (κ1) is 11.3. The third-order valence-corrected chi connectivity index (χ3v) is 4.64. The van der Waals surface area contributed by atoms with Crippen molar-refractivity contribution in [3.8, 4) is 10.6 Å². The molecule has 0 atom stereocenters. The van der Waals surface area contributed by atoms with Crippen molar-refractivity contribution in [1.82, 2.24) is 10.3 Å². The summed E-state index contributed by atoms with van der Waals surface area (Å²) >= 11 is 6.95. The van der Waals surface area contributed by atoms with Gasteiger partial charge in [0, 0.05) is 16.4 Å². The Morgan fingerprint density at radius 2 is 2.33 bits per heavy atom. The Kier molecular flexibility index (Phi) is 3.91. The van der Waals surface area contributed by atoms with E-state index in [-0.39, 0.29) is 0 Å². The van der Waals surface area contributed by atoms with Gasteiger partial charge in [0.05, 0.1) is 10.6 Å². The first-order chi connectivity index (χ1) is 7.31. The van der Waals surface area contributed by atoms with E-state index in [2.05, 4.69) is 50.0 Å². The van der Waals surface area contributed by atoms with Crippen molar-refractivity contribution in [2.75, 3.05) is 6.54 Å². The Hall–Kier alpha value is -0.230. The van der Waals surface area contributed by atoms with Gasteiger partial charge in [0.15, 0.2) is 0 Å². The topological polar surface area (TPSA) is 24.9 Å². The predicted octanol–water partition coefficient (Wildman–Crippen LogP) is 3.74. The number of rotatable bonds is 4. The maximum absolute atomic E-state index is 4.59. The van der Waals surface area contributed by atoms with Crippen LogP contribution in [0.5, 0.6) is 0 Å². The van der Waals surface area contributed by atoms with E-state index in [1.807, 2.05) is 0 Å². The Labute approximate surface area is 106 Å². The number of halogens is 1. The third kappa shape index (κ3) is 2.66. The van der Waals surface area contributed by atoms with Crippen LogP contribution in [-0.4, -0.2) is 11.5 Å². The standard InChI is InChI=1S/C10H11BrN2S2/c1-2-12-5-9-13-8(6-15-9)10-7(11)3-4-14-10/h3-4,6,12H,2,5H2,1H3. The van der Waals surface area contributed by atoms with Gasteiger partial charge < -0.3 is 5.32 Å². The summed E-state index contributed by atoms with van der Waals surface area (Å²) < 4.78 is 1.13. The Morgan fingerprint density at radius 1 is 1.47 bits per heavy atom. The first-order valence-corrected chi connectivity index (χ1v) is 7.25. The van der Waals surface area contributed by atoms with Crippen molar-refractivity contribution in [1.29, 1.82) is 0 Å². The molecule has 2 aromatic rings. The summed E-state index contributed by atoms with van der Waals surface area (Å²) in [4.78, 5) is 5.80. The molecule has 1 N–H and O–H groups in total. The zero-order valence-electron chi connectivity index (χ0n) is 8.29. The highest BCUT2D eigenvalue weighted by Gasteiger charge is 2.08. The van der Waals surface area contributed by atoms with Crippen molar-refractivity contribution in [3.05, 3.63) is 26.3 Å². The molecule has 2 nitrogen and oxygen atoms in total. The van der Waals surface area contributed by atoms with Gasteiger partial charge in [-0.2, -0.15) is 0 Å². The maximum atomic E-state index is 4.59. The van der Waals surface area contributed by atoms with E-state index in [9.17, 15) is 0 Å². The fourth-order valence-corrected chi connectivity index (χ4v) is 3.57. The van der Waals surface area contributed by atoms with E-state index in [1.165, 1.54) is 4.88 Å². The van der Waals surface area contributed by atoms with Crippen molar-refractivity contribution in [3.63, 3.8) is 0 Å². The second kappa shape index (κ2) is 5.21. The number of nitrogens with one attached hydrogen (secondary N) is 1. The molecule has 15 heavy (non-hydrogen) atoms. The summed E-state index contributed by atoms with van der Waals surface area (Å²) in [5, 5.41) is 8.61. The summed E-state index contributed by atoms with van der Waals surface area (Å²) in [6, 6.07) is 2.06. The molecule has 0 unspecified atom stereocenters. The van der Waals surface area contributed by atoms with E-state index in [1.54, 1.807) is 22.7 Å². The number of hydrogen-bond acceptors (Lipinski definition) is 4. The number of thiophene rings is 1. The number of thiazole rings is 1. The van der Waals surface area contributed by atoms with Gasteiger partial charge in [0.25, 0.3) is 0 Å². The molecule has 0 fully saturated rings. The first-order valence-electron chi connectivity index (χ1n) is 4.69. The largest absolute Gasteiger partial charge is 0.311 e. The molecule has 80 valence electrons. The number of nitrogens with zero attached hydrogens (tertiary/aromatic N) is 1. The fraction of sp³-hybridized carbons (Fsp3) is 0.300. The molecule has 0 aliphatic carbocycles. The lowest BCUT2D eigenvalue weighted by Crippen LogP contribution is -2.11. The van der Waals surface area contributed by atoms with Gasteiger partial charge in [-0.05, 0) is 33.9 Å². The van der Waals surface area contributed by atoms with E-state index in [0.29, 0.717) is 0 Å². The second-order valence-electron chi connectivity index (χ2n) is 3.00. The molecule has 0 saturated carbocycles. The van der Waals surface area contributed by atoms with Gasteiger partial charge in [-0.15, -0.1) is 22.7 Å². The minimum Gasteiger partial charge on any atom is -0.311 e. The number of hydrogen-bond donors (Lipinski definition) is 1. The monoisotopic (exact) mass is 302 g/mol. The summed E-state index contributed by atoms with van der Waals surface area (Å²) in [7, 11) is 0. The van der Waals surface area contributed by atoms with Gasteiger partial charge in [0.2, 0.25) is 0 Å². The average Bonchev–Trinajstić information content (AvgIpc) is 2.83. The van der Waals surface area contributed by atoms with Crippen molar-refractivity contribution in [2.45, 2.75) is 13.5 Å². The van der Waals surface area contributed by atoms with Gasteiger partial charge >= 0.3 is 0 Å². The van der Waals surface area contributed by atoms with E-state index < -0.39 is 0 Å². The molecule has 0 saturated heterocycles. The highest BCUT2D eigenvalue weighted by Crippen LogP contribution is 2.33. The quantitative estimate of drug-likeness (QED) is 0.930. The van der Waals surface area contributed by atoms with Gasteiger partial charge in [-0.3, -0.25) is 0 Å². The lowest BCUT2D eigenvalue weighted by molar-refractivity contribution is 0.723. The Bertz CT molecular complexity index is 436. The summed E-state index contributed by atoms with van der Waals surface area (Å²) in [6.07, 6.45) is 0. The Balaban J connectivity index is 2.17. The Morgan fingerprint density at radius 3 is 3.00 bits per heavy atom. The van der Waals surface area contributed by atoms with E-state index in [4.69, 9.17) is 0 Å². The van der Waals surface area contributed by atoms with Crippen molar-refractivity contribution >= 4 is 38.6 Å². The average molecular weight is 303 g/mol. The summed E-state index contributed by atoms with van der Waals surface area (Å²) in [5.74, 6) is 0. The lowest BCUT2D eigenvalue weighted by atomic mass is 10.4. The molecule has 0 aromatic carbocycles. The highest BCUT2D eigenvalue weighted by atomic mass is 79.9. The summed E-state index contributed by atoms with van der Waals surface area (Å²) in [6.45, 7) is 3.95. The van der Waals surface area contributed by atoms with E-state index in [0.717, 1.165) is 28.3 Å². The molecule has 2 heterocycles. The minimum atomic E-state index is 0.865. The fourth-order valence-electron chi connectivity index (χ4n) is 1.20. The van der Waals surface area contributed by atoms with Crippen LogP contribution in [0, 0.1) is 0 Å². The molecule has 5 heteroatoms. The lowest BCUT2D eigenvalue weighted by Gasteiger charge is -1.95. The molecular weight excluding hydrogens is 292 g/mol. The van der Waals surface area contributed by atoms with Crippen LogP contribution in [0.4, 0.5) is 0 Å². The van der Waals surface area contributed by atoms with Gasteiger partial charge in [-0.1, -0.05) is 6.92 Å². The zero-order valence-corrected chi connectivity index (χ0v) is 11.5. The molecule has 2 rings (SSSR count). The maximum Gasteiger partial charge on any atom is 0.107 e. The molecule has 0 radical (unpaired) electrons. The molecule has 0 amide bonds. The minimum absolute atomic E-state index is 0.865. The van der Waals surface area contributed by atoms with Crippen LogP contribution in [-0.2, 0) is 6.54 Å². The van der Waals surface area contributed by atoms with Gasteiger partial charge in [0.1, 0.15) is 5.01 Å². The van der Waals surface area contributed by atoms with Crippen LogP contribution in [0.1, 0.15) is 11.9 Å². The normalized spacial score (nSPS) is 10.8. The second-order valence-corrected chi connectivity index (χ2v) is 5.72. The molecule has 0 aliphatic rings. The number of aromatic nitrogens is 1. The van der Waals surface area contributed by atoms with Crippen LogP contribution < -0.4 is 5.32 Å². The molecule has 0 aliphatic heterocycles. The summed E-state index contributed by atoms with van der Waals surface area (Å²) in [5.41, 5.74) is 1.08. The predicted molar refractivity (Wildman–Crippen MR) is 70.5 cm³/mol. The molecule has 0 bridgehead atoms. The van der Waals surface area contributed by atoms with Crippen LogP contribution >= 0.6 is 38.6 Å².